The van der Waals surface area contributed by atoms with Crippen molar-refractivity contribution in [2.75, 3.05) is 13.2 Å². The lowest BCUT2D eigenvalue weighted by Crippen LogP contribution is -2.39. The van der Waals surface area contributed by atoms with Crippen LogP contribution in [0.3, 0.4) is 0 Å². The summed E-state index contributed by atoms with van der Waals surface area (Å²) in [5.41, 5.74) is 13.8. The number of nitrogens with one attached hydrogen (secondary N) is 1. The number of aromatic nitrogens is 1. The smallest absolute Gasteiger partial charge is 0.338 e. The van der Waals surface area contributed by atoms with E-state index in [1.807, 2.05) is 24.3 Å². The van der Waals surface area contributed by atoms with Crippen molar-refractivity contribution in [3.8, 4) is 0 Å². The number of rotatable bonds is 5. The quantitative estimate of drug-likeness (QED) is 0.662. The zero-order chi connectivity index (χ0) is 20.3. The molecule has 28 heavy (non-hydrogen) atoms. The number of carbonyl (C=O) groups excluding carboxylic acids is 2. The van der Waals surface area contributed by atoms with Gasteiger partial charge in [-0.15, -0.1) is 0 Å². The van der Waals surface area contributed by atoms with Crippen LogP contribution in [0.2, 0.25) is 0 Å². The van der Waals surface area contributed by atoms with Crippen molar-refractivity contribution < 1.29 is 19.1 Å². The number of ether oxygens (including phenoxy) is 2. The summed E-state index contributed by atoms with van der Waals surface area (Å²) in [7, 11) is 0. The molecule has 0 aliphatic carbocycles. The lowest BCUT2D eigenvalue weighted by molar-refractivity contribution is -0.139. The van der Waals surface area contributed by atoms with Crippen LogP contribution in [0.1, 0.15) is 25.3 Å². The molecule has 0 saturated carbocycles. The largest absolute Gasteiger partial charge is 0.463 e. The topological polar surface area (TPSA) is 130 Å². The van der Waals surface area contributed by atoms with Crippen LogP contribution >= 0.6 is 0 Å². The summed E-state index contributed by atoms with van der Waals surface area (Å²) in [6, 6.07) is 9.14. The number of dihydropyridines is 1. The van der Waals surface area contributed by atoms with E-state index in [-0.39, 0.29) is 36.0 Å². The summed E-state index contributed by atoms with van der Waals surface area (Å²) < 4.78 is 10.4. The molecule has 1 aliphatic rings. The van der Waals surface area contributed by atoms with Crippen LogP contribution < -0.4 is 16.8 Å². The van der Waals surface area contributed by atoms with E-state index >= 15 is 0 Å². The molecular formula is C20H22N4O4. The number of pyridine rings is 1. The second-order valence-corrected chi connectivity index (χ2v) is 6.07. The Labute approximate surface area is 162 Å². The molecule has 8 nitrogen and oxygen atoms in total. The van der Waals surface area contributed by atoms with Gasteiger partial charge in [0.05, 0.1) is 35.8 Å². The first-order valence-electron chi connectivity index (χ1n) is 8.93. The first-order valence-corrected chi connectivity index (χ1v) is 8.93. The van der Waals surface area contributed by atoms with Crippen LogP contribution in [0.25, 0.3) is 10.9 Å². The predicted octanol–water partition coefficient (Wildman–Crippen LogP) is 1.39. The fourth-order valence-corrected chi connectivity index (χ4v) is 3.29. The molecule has 0 unspecified atom stereocenters. The molecule has 0 atom stereocenters. The minimum Gasteiger partial charge on any atom is -0.463 e. The van der Waals surface area contributed by atoms with Gasteiger partial charge >= 0.3 is 11.9 Å². The highest BCUT2D eigenvalue weighted by molar-refractivity contribution is 6.01. The summed E-state index contributed by atoms with van der Waals surface area (Å²) in [6.45, 7) is 3.71. The molecule has 1 aromatic heterocycles. The molecule has 146 valence electrons. The van der Waals surface area contributed by atoms with E-state index in [1.165, 1.54) is 0 Å². The van der Waals surface area contributed by atoms with Gasteiger partial charge in [0, 0.05) is 11.6 Å². The average Bonchev–Trinajstić information content (AvgIpc) is 2.67. The van der Waals surface area contributed by atoms with Crippen molar-refractivity contribution in [2.24, 2.45) is 11.5 Å². The van der Waals surface area contributed by atoms with Crippen molar-refractivity contribution in [1.29, 1.82) is 0 Å². The molecule has 2 aromatic rings. The van der Waals surface area contributed by atoms with E-state index in [0.29, 0.717) is 11.1 Å². The number of hydrogen-bond donors (Lipinski definition) is 3. The Morgan fingerprint density at radius 1 is 1.00 bits per heavy atom. The van der Waals surface area contributed by atoms with Crippen LogP contribution in [0.15, 0.2) is 59.3 Å². The molecule has 1 aromatic carbocycles. The summed E-state index contributed by atoms with van der Waals surface area (Å²) in [6.07, 6.45) is 1.61. The van der Waals surface area contributed by atoms with Gasteiger partial charge in [-0.3, -0.25) is 4.98 Å². The average molecular weight is 382 g/mol. The second-order valence-electron chi connectivity index (χ2n) is 6.07. The number of benzene rings is 1. The van der Waals surface area contributed by atoms with Gasteiger partial charge < -0.3 is 26.3 Å². The summed E-state index contributed by atoms with van der Waals surface area (Å²) in [5.74, 6) is -2.04. The van der Waals surface area contributed by atoms with Gasteiger partial charge in [-0.1, -0.05) is 18.2 Å². The normalized spacial score (nSPS) is 14.8. The molecular weight excluding hydrogens is 360 g/mol. The van der Waals surface area contributed by atoms with Crippen LogP contribution in [0.4, 0.5) is 0 Å². The molecule has 2 heterocycles. The van der Waals surface area contributed by atoms with E-state index in [0.717, 1.165) is 5.39 Å². The maximum absolute atomic E-state index is 12.7. The maximum atomic E-state index is 12.7. The molecule has 0 amide bonds. The van der Waals surface area contributed by atoms with Gasteiger partial charge in [0.1, 0.15) is 11.6 Å². The van der Waals surface area contributed by atoms with Gasteiger partial charge in [-0.25, -0.2) is 9.59 Å². The van der Waals surface area contributed by atoms with Crippen molar-refractivity contribution in [2.45, 2.75) is 19.8 Å². The Bertz CT molecular complexity index is 951. The van der Waals surface area contributed by atoms with E-state index in [9.17, 15) is 9.59 Å². The van der Waals surface area contributed by atoms with Crippen LogP contribution in [0.5, 0.6) is 0 Å². The van der Waals surface area contributed by atoms with Crippen molar-refractivity contribution in [1.82, 2.24) is 10.3 Å². The molecule has 0 radical (unpaired) electrons. The SMILES string of the molecule is CCOC(=O)C1=C(N)NC(N)=C(C(=O)OCC)C1c1ccnc2ccccc12. The lowest BCUT2D eigenvalue weighted by atomic mass is 9.81. The lowest BCUT2D eigenvalue weighted by Gasteiger charge is -2.30. The Morgan fingerprint density at radius 2 is 1.57 bits per heavy atom. The molecule has 5 N–H and O–H groups in total. The molecule has 1 aliphatic heterocycles. The van der Waals surface area contributed by atoms with Gasteiger partial charge in [-0.05, 0) is 31.5 Å². The summed E-state index contributed by atoms with van der Waals surface area (Å²) in [4.78, 5) is 29.8. The molecule has 8 heteroatoms. The van der Waals surface area contributed by atoms with Gasteiger partial charge in [0.2, 0.25) is 0 Å². The predicted molar refractivity (Wildman–Crippen MR) is 103 cm³/mol. The fourth-order valence-electron chi connectivity index (χ4n) is 3.29. The highest BCUT2D eigenvalue weighted by Crippen LogP contribution is 2.40. The molecule has 0 bridgehead atoms. The third-order valence-corrected chi connectivity index (χ3v) is 4.41. The Kier molecular flexibility index (Phi) is 5.49. The highest BCUT2D eigenvalue weighted by atomic mass is 16.5. The number of esters is 2. The summed E-state index contributed by atoms with van der Waals surface area (Å²) in [5, 5.41) is 3.47. The van der Waals surface area contributed by atoms with E-state index < -0.39 is 17.9 Å². The third-order valence-electron chi connectivity index (χ3n) is 4.41. The minimum atomic E-state index is -0.854. The van der Waals surface area contributed by atoms with E-state index in [1.54, 1.807) is 26.1 Å². The number of carbonyl (C=O) groups is 2. The molecule has 0 fully saturated rings. The van der Waals surface area contributed by atoms with Gasteiger partial charge in [0.15, 0.2) is 0 Å². The number of fused-ring (bicyclic) bond motifs is 1. The number of para-hydroxylation sites is 1. The minimum absolute atomic E-state index is 0.0369. The maximum Gasteiger partial charge on any atom is 0.338 e. The Morgan fingerprint density at radius 3 is 2.14 bits per heavy atom. The number of hydrogen-bond acceptors (Lipinski definition) is 8. The third kappa shape index (κ3) is 3.36. The van der Waals surface area contributed by atoms with E-state index in [4.69, 9.17) is 20.9 Å². The standard InChI is InChI=1S/C20H22N4O4/c1-3-27-19(25)15-14(12-9-10-23-13-8-6-5-7-11(12)13)16(20(26)28-4-2)18(22)24-17(15)21/h5-10,14,24H,3-4,21-22H2,1-2H3. The number of nitrogens with zero attached hydrogens (tertiary/aromatic N) is 1. The zero-order valence-electron chi connectivity index (χ0n) is 15.7. The first kappa shape index (κ1) is 19.2. The van der Waals surface area contributed by atoms with Gasteiger partial charge in [-0.2, -0.15) is 0 Å². The molecule has 0 saturated heterocycles. The van der Waals surface area contributed by atoms with Crippen LogP contribution in [0, 0.1) is 0 Å². The Balaban J connectivity index is 2.28. The van der Waals surface area contributed by atoms with Crippen molar-refractivity contribution >= 4 is 22.8 Å². The fraction of sp³-hybridized carbons (Fsp3) is 0.250. The van der Waals surface area contributed by atoms with Crippen molar-refractivity contribution in [3.63, 3.8) is 0 Å². The summed E-state index contributed by atoms with van der Waals surface area (Å²) >= 11 is 0. The molecule has 0 spiro atoms. The molecule has 3 rings (SSSR count). The second kappa shape index (κ2) is 7.99. The monoisotopic (exact) mass is 382 g/mol. The highest BCUT2D eigenvalue weighted by Gasteiger charge is 2.39. The van der Waals surface area contributed by atoms with Crippen LogP contribution in [-0.4, -0.2) is 30.1 Å². The number of nitrogens with two attached hydrogens (primary N) is 2. The van der Waals surface area contributed by atoms with Gasteiger partial charge in [0.25, 0.3) is 0 Å². The van der Waals surface area contributed by atoms with Crippen LogP contribution in [-0.2, 0) is 19.1 Å². The van der Waals surface area contributed by atoms with E-state index in [2.05, 4.69) is 10.3 Å². The Hall–Kier alpha value is -3.55. The van der Waals surface area contributed by atoms with Crippen molar-refractivity contribution in [3.05, 3.63) is 64.9 Å². The first-order chi connectivity index (χ1) is 13.5. The zero-order valence-corrected chi connectivity index (χ0v) is 15.7.